The Bertz CT molecular complexity index is 445. The molecular formula is C17H25NO2. The fourth-order valence-electron chi connectivity index (χ4n) is 3.19. The van der Waals surface area contributed by atoms with Gasteiger partial charge in [0, 0.05) is 12.0 Å². The number of carbonyl (C=O) groups is 1. The molecule has 0 amide bonds. The van der Waals surface area contributed by atoms with Crippen LogP contribution in [0.3, 0.4) is 0 Å². The van der Waals surface area contributed by atoms with Gasteiger partial charge in [-0.05, 0) is 44.9 Å². The summed E-state index contributed by atoms with van der Waals surface area (Å²) in [5.41, 5.74) is 0.492. The highest BCUT2D eigenvalue weighted by Gasteiger charge is 2.39. The smallest absolute Gasteiger partial charge is 0.173 e. The quantitative estimate of drug-likeness (QED) is 0.808. The Balaban J connectivity index is 2.32. The molecule has 0 bridgehead atoms. The molecule has 3 heteroatoms. The standard InChI is InChI=1S/C17H25NO2/c1-3-10-17(11-7-12-18-13-17)16(19)14-8-5-6-9-15(14)20-4-2/h5-6,8-9,18H,3-4,7,10-13H2,1-2H3. The van der Waals surface area contributed by atoms with E-state index in [1.54, 1.807) is 0 Å². The van der Waals surface area contributed by atoms with Gasteiger partial charge in [-0.1, -0.05) is 25.5 Å². The van der Waals surface area contributed by atoms with E-state index in [0.29, 0.717) is 6.61 Å². The first-order valence-electron chi connectivity index (χ1n) is 7.71. The number of carbonyl (C=O) groups excluding carboxylic acids is 1. The van der Waals surface area contributed by atoms with Crippen molar-refractivity contribution in [3.05, 3.63) is 29.8 Å². The lowest BCUT2D eigenvalue weighted by Crippen LogP contribution is -2.45. The second kappa shape index (κ2) is 6.89. The summed E-state index contributed by atoms with van der Waals surface area (Å²) in [4.78, 5) is 13.1. The fraction of sp³-hybridized carbons (Fsp3) is 0.588. The molecule has 1 aliphatic rings. The summed E-state index contributed by atoms with van der Waals surface area (Å²) < 4.78 is 5.63. The fourth-order valence-corrected chi connectivity index (χ4v) is 3.19. The molecule has 0 aliphatic carbocycles. The Morgan fingerprint density at radius 1 is 1.35 bits per heavy atom. The molecule has 110 valence electrons. The van der Waals surface area contributed by atoms with Crippen LogP contribution in [0.5, 0.6) is 5.75 Å². The number of hydrogen-bond acceptors (Lipinski definition) is 3. The van der Waals surface area contributed by atoms with Gasteiger partial charge in [0.25, 0.3) is 0 Å². The van der Waals surface area contributed by atoms with Crippen LogP contribution < -0.4 is 10.1 Å². The average molecular weight is 275 g/mol. The maximum absolute atomic E-state index is 13.1. The Hall–Kier alpha value is -1.35. The van der Waals surface area contributed by atoms with Crippen molar-refractivity contribution in [1.29, 1.82) is 0 Å². The molecule has 1 aliphatic heterocycles. The average Bonchev–Trinajstić information content (AvgIpc) is 2.49. The highest BCUT2D eigenvalue weighted by atomic mass is 16.5. The second-order valence-electron chi connectivity index (χ2n) is 5.57. The van der Waals surface area contributed by atoms with E-state index in [2.05, 4.69) is 12.2 Å². The molecule has 1 aromatic rings. The van der Waals surface area contributed by atoms with Crippen molar-refractivity contribution in [2.75, 3.05) is 19.7 Å². The number of ether oxygens (including phenoxy) is 1. The lowest BCUT2D eigenvalue weighted by Gasteiger charge is -2.36. The largest absolute Gasteiger partial charge is 0.493 e. The van der Waals surface area contributed by atoms with Crippen LogP contribution in [0, 0.1) is 5.41 Å². The molecule has 1 atom stereocenters. The van der Waals surface area contributed by atoms with Gasteiger partial charge in [-0.3, -0.25) is 4.79 Å². The molecule has 1 unspecified atom stereocenters. The van der Waals surface area contributed by atoms with Crippen LogP contribution in [-0.4, -0.2) is 25.5 Å². The van der Waals surface area contributed by atoms with Gasteiger partial charge in [-0.15, -0.1) is 0 Å². The van der Waals surface area contributed by atoms with Crippen molar-refractivity contribution in [1.82, 2.24) is 5.32 Å². The van der Waals surface area contributed by atoms with Crippen LogP contribution >= 0.6 is 0 Å². The van der Waals surface area contributed by atoms with E-state index in [1.807, 2.05) is 31.2 Å². The third-order valence-corrected chi connectivity index (χ3v) is 4.11. The van der Waals surface area contributed by atoms with Crippen LogP contribution in [0.1, 0.15) is 49.9 Å². The van der Waals surface area contributed by atoms with E-state index in [-0.39, 0.29) is 11.2 Å². The zero-order chi connectivity index (χ0) is 14.4. The first-order valence-corrected chi connectivity index (χ1v) is 7.71. The lowest BCUT2D eigenvalue weighted by atomic mass is 9.71. The summed E-state index contributed by atoms with van der Waals surface area (Å²) in [5.74, 6) is 0.969. The molecule has 1 aromatic carbocycles. The number of benzene rings is 1. The number of nitrogens with one attached hydrogen (secondary N) is 1. The van der Waals surface area contributed by atoms with E-state index >= 15 is 0 Å². The van der Waals surface area contributed by atoms with Crippen LogP contribution in [0.15, 0.2) is 24.3 Å². The van der Waals surface area contributed by atoms with E-state index < -0.39 is 0 Å². The minimum absolute atomic E-state index is 0.246. The molecule has 1 fully saturated rings. The van der Waals surface area contributed by atoms with Crippen molar-refractivity contribution < 1.29 is 9.53 Å². The molecule has 0 radical (unpaired) electrons. The van der Waals surface area contributed by atoms with Crippen molar-refractivity contribution in [2.45, 2.75) is 39.5 Å². The molecule has 3 nitrogen and oxygen atoms in total. The van der Waals surface area contributed by atoms with Gasteiger partial charge < -0.3 is 10.1 Å². The summed E-state index contributed by atoms with van der Waals surface area (Å²) in [6.07, 6.45) is 4.03. The second-order valence-corrected chi connectivity index (χ2v) is 5.57. The van der Waals surface area contributed by atoms with Crippen molar-refractivity contribution >= 4 is 5.78 Å². The molecule has 0 saturated carbocycles. The predicted molar refractivity (Wildman–Crippen MR) is 81.4 cm³/mol. The summed E-state index contributed by atoms with van der Waals surface area (Å²) in [6, 6.07) is 7.64. The number of hydrogen-bond donors (Lipinski definition) is 1. The third-order valence-electron chi connectivity index (χ3n) is 4.11. The van der Waals surface area contributed by atoms with E-state index in [1.165, 1.54) is 0 Å². The van der Waals surface area contributed by atoms with Crippen LogP contribution in [-0.2, 0) is 0 Å². The van der Waals surface area contributed by atoms with Crippen molar-refractivity contribution in [2.24, 2.45) is 5.41 Å². The lowest BCUT2D eigenvalue weighted by molar-refractivity contribution is 0.0714. The van der Waals surface area contributed by atoms with Crippen LogP contribution in [0.25, 0.3) is 0 Å². The SMILES string of the molecule is CCCC1(C(=O)c2ccccc2OCC)CCCNC1. The Kier molecular flexibility index (Phi) is 5.18. The van der Waals surface area contributed by atoms with Crippen molar-refractivity contribution in [3.63, 3.8) is 0 Å². The zero-order valence-electron chi connectivity index (χ0n) is 12.6. The van der Waals surface area contributed by atoms with Gasteiger partial charge in [-0.25, -0.2) is 0 Å². The monoisotopic (exact) mass is 275 g/mol. The van der Waals surface area contributed by atoms with E-state index in [0.717, 1.165) is 50.1 Å². The first-order chi connectivity index (χ1) is 9.73. The molecule has 1 heterocycles. The number of piperidine rings is 1. The van der Waals surface area contributed by atoms with Gasteiger partial charge in [0.05, 0.1) is 12.2 Å². The summed E-state index contributed by atoms with van der Waals surface area (Å²) in [5, 5.41) is 3.40. The first kappa shape index (κ1) is 15.0. The van der Waals surface area contributed by atoms with Gasteiger partial charge in [0.15, 0.2) is 5.78 Å². The molecule has 0 aromatic heterocycles. The highest BCUT2D eigenvalue weighted by molar-refractivity contribution is 6.03. The summed E-state index contributed by atoms with van der Waals surface area (Å²) >= 11 is 0. The minimum atomic E-state index is -0.250. The minimum Gasteiger partial charge on any atom is -0.493 e. The number of rotatable bonds is 6. The van der Waals surface area contributed by atoms with Crippen molar-refractivity contribution in [3.8, 4) is 5.75 Å². The maximum Gasteiger partial charge on any atom is 0.173 e. The molecular weight excluding hydrogens is 250 g/mol. The number of para-hydroxylation sites is 1. The molecule has 20 heavy (non-hydrogen) atoms. The summed E-state index contributed by atoms with van der Waals surface area (Å²) in [6.45, 7) is 6.50. The summed E-state index contributed by atoms with van der Waals surface area (Å²) in [7, 11) is 0. The molecule has 2 rings (SSSR count). The highest BCUT2D eigenvalue weighted by Crippen LogP contribution is 2.37. The number of Topliss-reactive ketones (excluding diaryl/α,β-unsaturated/α-hetero) is 1. The van der Waals surface area contributed by atoms with Gasteiger partial charge in [0.2, 0.25) is 0 Å². The zero-order valence-corrected chi connectivity index (χ0v) is 12.6. The Morgan fingerprint density at radius 3 is 2.80 bits per heavy atom. The van der Waals surface area contributed by atoms with Crippen LogP contribution in [0.4, 0.5) is 0 Å². The van der Waals surface area contributed by atoms with Gasteiger partial charge in [-0.2, -0.15) is 0 Å². The Labute approximate surface area is 121 Å². The molecule has 0 spiro atoms. The van der Waals surface area contributed by atoms with E-state index in [4.69, 9.17) is 4.74 Å². The third kappa shape index (κ3) is 3.04. The van der Waals surface area contributed by atoms with Gasteiger partial charge >= 0.3 is 0 Å². The molecule has 1 N–H and O–H groups in total. The molecule has 1 saturated heterocycles. The van der Waals surface area contributed by atoms with Crippen LogP contribution in [0.2, 0.25) is 0 Å². The van der Waals surface area contributed by atoms with E-state index in [9.17, 15) is 4.79 Å². The Morgan fingerprint density at radius 2 is 2.15 bits per heavy atom. The maximum atomic E-state index is 13.1. The topological polar surface area (TPSA) is 38.3 Å². The van der Waals surface area contributed by atoms with Gasteiger partial charge in [0.1, 0.15) is 5.75 Å². The number of ketones is 1. The normalized spacial score (nSPS) is 22.5. The predicted octanol–water partition coefficient (Wildman–Crippen LogP) is 3.44.